The number of nitrogens with zero attached hydrogens (tertiary/aromatic N) is 4. The molecule has 0 atom stereocenters. The van der Waals surface area contributed by atoms with Gasteiger partial charge in [-0.05, 0) is 45.3 Å². The topological polar surface area (TPSA) is 61.4 Å². The van der Waals surface area contributed by atoms with Crippen LogP contribution in [-0.2, 0) is 5.54 Å². The Morgan fingerprint density at radius 2 is 1.47 bits per heavy atom. The van der Waals surface area contributed by atoms with Gasteiger partial charge in [-0.1, -0.05) is 60.7 Å². The van der Waals surface area contributed by atoms with Crippen molar-refractivity contribution in [3.8, 4) is 11.4 Å². The van der Waals surface area contributed by atoms with Gasteiger partial charge in [0.25, 0.3) is 0 Å². The van der Waals surface area contributed by atoms with Gasteiger partial charge < -0.3 is 5.32 Å². The summed E-state index contributed by atoms with van der Waals surface area (Å²) in [6, 6.07) is 20.6. The van der Waals surface area contributed by atoms with Gasteiger partial charge in [0.2, 0.25) is 0 Å². The number of carbonyl (C=O) groups is 1. The Morgan fingerprint density at radius 3 is 2.06 bits per heavy atom. The number of amides is 2. The number of urea groups is 1. The van der Waals surface area contributed by atoms with Crippen molar-refractivity contribution in [2.24, 2.45) is 0 Å². The van der Waals surface area contributed by atoms with Crippen LogP contribution in [0.1, 0.15) is 31.2 Å². The van der Waals surface area contributed by atoms with Crippen LogP contribution in [-0.4, -0.2) is 47.1 Å². The van der Waals surface area contributed by atoms with Crippen molar-refractivity contribution >= 4 is 11.7 Å². The van der Waals surface area contributed by atoms with Gasteiger partial charge in [0, 0.05) is 11.1 Å². The van der Waals surface area contributed by atoms with Crippen molar-refractivity contribution in [3.05, 3.63) is 78.6 Å². The van der Waals surface area contributed by atoms with Gasteiger partial charge in [-0.15, -0.1) is 0 Å². The number of hydrogen-bond donors (Lipinski definition) is 1. The second kappa shape index (κ2) is 8.02. The second-order valence-electron chi connectivity index (χ2n) is 9.22. The van der Waals surface area contributed by atoms with Crippen molar-refractivity contribution in [3.63, 3.8) is 0 Å². The van der Waals surface area contributed by atoms with E-state index in [-0.39, 0.29) is 17.1 Å². The Morgan fingerprint density at radius 1 is 0.875 bits per heavy atom. The first-order chi connectivity index (χ1) is 15.5. The molecule has 1 aliphatic heterocycles. The zero-order valence-electron chi connectivity index (χ0n) is 18.7. The van der Waals surface area contributed by atoms with Gasteiger partial charge >= 0.3 is 6.03 Å². The minimum atomic E-state index is -0.205. The zero-order chi connectivity index (χ0) is 22.2. The molecule has 0 radical (unpaired) electrons. The molecular formula is C26H29N5O. The summed E-state index contributed by atoms with van der Waals surface area (Å²) in [5, 5.41) is 3.31. The first kappa shape index (κ1) is 20.6. The molecule has 2 heterocycles. The molecule has 6 nitrogen and oxygen atoms in total. The Bertz CT molecular complexity index is 1070. The van der Waals surface area contributed by atoms with E-state index in [0.29, 0.717) is 12.4 Å². The van der Waals surface area contributed by atoms with Gasteiger partial charge in [0.15, 0.2) is 5.82 Å². The second-order valence-corrected chi connectivity index (χ2v) is 9.22. The van der Waals surface area contributed by atoms with E-state index >= 15 is 0 Å². The fourth-order valence-corrected chi connectivity index (χ4v) is 5.28. The fraction of sp³-hybridized carbons (Fsp3) is 0.346. The average molecular weight is 428 g/mol. The highest BCUT2D eigenvalue weighted by molar-refractivity contribution is 5.95. The van der Waals surface area contributed by atoms with Gasteiger partial charge in [-0.3, -0.25) is 9.80 Å². The predicted molar refractivity (Wildman–Crippen MR) is 126 cm³/mol. The molecule has 0 unspecified atom stereocenters. The molecule has 1 aliphatic carbocycles. The van der Waals surface area contributed by atoms with Crippen LogP contribution in [0.4, 0.5) is 10.5 Å². The lowest BCUT2D eigenvalue weighted by Crippen LogP contribution is -2.54. The van der Waals surface area contributed by atoms with Gasteiger partial charge in [-0.25, -0.2) is 14.8 Å². The molecule has 1 spiro atoms. The first-order valence-electron chi connectivity index (χ1n) is 11.2. The fourth-order valence-electron chi connectivity index (χ4n) is 5.28. The molecule has 164 valence electrons. The summed E-state index contributed by atoms with van der Waals surface area (Å²) in [6.45, 7) is 0.651. The van der Waals surface area contributed by atoms with Crippen LogP contribution in [0.5, 0.6) is 0 Å². The summed E-state index contributed by atoms with van der Waals surface area (Å²) < 4.78 is 0. The predicted octanol–water partition coefficient (Wildman–Crippen LogP) is 4.44. The summed E-state index contributed by atoms with van der Waals surface area (Å²) in [5.74, 6) is 0.667. The van der Waals surface area contributed by atoms with Crippen LogP contribution in [0, 0.1) is 0 Å². The monoisotopic (exact) mass is 427 g/mol. The van der Waals surface area contributed by atoms with E-state index < -0.39 is 0 Å². The smallest absolute Gasteiger partial charge is 0.322 e. The number of nitrogens with one attached hydrogen (secondary N) is 1. The molecule has 1 aromatic heterocycles. The maximum absolute atomic E-state index is 12.9. The quantitative estimate of drug-likeness (QED) is 0.669. The summed E-state index contributed by atoms with van der Waals surface area (Å²) >= 11 is 0. The molecule has 2 aliphatic rings. The van der Waals surface area contributed by atoms with Crippen molar-refractivity contribution in [1.29, 1.82) is 0 Å². The summed E-state index contributed by atoms with van der Waals surface area (Å²) in [6.07, 6.45) is 7.38. The maximum Gasteiger partial charge on any atom is 0.322 e. The molecule has 0 bridgehead atoms. The Hall–Kier alpha value is -3.25. The van der Waals surface area contributed by atoms with Crippen LogP contribution in [0.15, 0.2) is 73.1 Å². The number of aromatic nitrogens is 2. The van der Waals surface area contributed by atoms with Crippen LogP contribution in [0.2, 0.25) is 0 Å². The lowest BCUT2D eigenvalue weighted by Gasteiger charge is -2.48. The van der Waals surface area contributed by atoms with Gasteiger partial charge in [0.1, 0.15) is 0 Å². The number of hydrogen-bond acceptors (Lipinski definition) is 4. The van der Waals surface area contributed by atoms with Gasteiger partial charge in [0.05, 0.1) is 30.2 Å². The molecule has 1 saturated carbocycles. The SMILES string of the molecule is CN(C)[C@]1(c2ccccc2)CC[C@@]2(CC1)CN(c1cnc(-c3ccccc3)nc1)C(=O)N2. The minimum absolute atomic E-state index is 0.00506. The van der Waals surface area contributed by atoms with E-state index in [0.717, 1.165) is 36.9 Å². The molecule has 2 aromatic carbocycles. The largest absolute Gasteiger partial charge is 0.330 e. The normalized spacial score (nSPS) is 25.3. The standard InChI is InChI=1S/C26H29N5O/c1-30(2)26(21-11-7-4-8-12-21)15-13-25(14-16-26)19-31(24(32)29-25)22-17-27-23(28-18-22)20-9-5-3-6-10-20/h3-12,17-18H,13-16,19H2,1-2H3,(H,29,32)/t25-,26-. The van der Waals surface area contributed by atoms with Crippen molar-refractivity contribution in [2.45, 2.75) is 36.8 Å². The Labute approximate surface area is 189 Å². The average Bonchev–Trinajstić information content (AvgIpc) is 3.16. The third kappa shape index (κ3) is 3.54. The van der Waals surface area contributed by atoms with E-state index in [2.05, 4.69) is 64.6 Å². The summed E-state index contributed by atoms with van der Waals surface area (Å²) in [4.78, 5) is 26.1. The maximum atomic E-state index is 12.9. The van der Waals surface area contributed by atoms with Crippen LogP contribution in [0.25, 0.3) is 11.4 Å². The van der Waals surface area contributed by atoms with E-state index in [9.17, 15) is 4.79 Å². The third-order valence-electron chi connectivity index (χ3n) is 7.26. The number of anilines is 1. The van der Waals surface area contributed by atoms with E-state index in [1.54, 1.807) is 17.3 Å². The molecule has 6 heteroatoms. The van der Waals surface area contributed by atoms with E-state index in [4.69, 9.17) is 0 Å². The number of rotatable bonds is 4. The highest BCUT2D eigenvalue weighted by Crippen LogP contribution is 2.46. The van der Waals surface area contributed by atoms with Gasteiger partial charge in [-0.2, -0.15) is 0 Å². The van der Waals surface area contributed by atoms with Crippen LogP contribution >= 0.6 is 0 Å². The zero-order valence-corrected chi connectivity index (χ0v) is 18.7. The van der Waals surface area contributed by atoms with Crippen LogP contribution in [0.3, 0.4) is 0 Å². The third-order valence-corrected chi connectivity index (χ3v) is 7.26. The van der Waals surface area contributed by atoms with Crippen molar-refractivity contribution in [1.82, 2.24) is 20.2 Å². The lowest BCUT2D eigenvalue weighted by molar-refractivity contribution is 0.0658. The van der Waals surface area contributed by atoms with E-state index in [1.807, 2.05) is 30.3 Å². The van der Waals surface area contributed by atoms with Crippen molar-refractivity contribution in [2.75, 3.05) is 25.5 Å². The first-order valence-corrected chi connectivity index (χ1v) is 11.2. The van der Waals surface area contributed by atoms with Crippen molar-refractivity contribution < 1.29 is 4.79 Å². The summed E-state index contributed by atoms with van der Waals surface area (Å²) in [5.41, 5.74) is 2.86. The number of benzene rings is 2. The molecule has 5 rings (SSSR count). The molecule has 3 aromatic rings. The van der Waals surface area contributed by atoms with E-state index in [1.165, 1.54) is 5.56 Å². The lowest BCUT2D eigenvalue weighted by atomic mass is 9.69. The number of carbonyl (C=O) groups excluding carboxylic acids is 1. The highest BCUT2D eigenvalue weighted by Gasteiger charge is 2.50. The molecule has 2 amide bonds. The molecule has 1 saturated heterocycles. The van der Waals surface area contributed by atoms with Crippen LogP contribution < -0.4 is 10.2 Å². The summed E-state index contributed by atoms with van der Waals surface area (Å²) in [7, 11) is 4.33. The minimum Gasteiger partial charge on any atom is -0.330 e. The molecule has 1 N–H and O–H groups in total. The molecular weight excluding hydrogens is 398 g/mol. The molecule has 32 heavy (non-hydrogen) atoms. The Kier molecular flexibility index (Phi) is 5.18. The highest BCUT2D eigenvalue weighted by atomic mass is 16.2. The Balaban J connectivity index is 1.33. The molecule has 2 fully saturated rings.